The first-order valence-corrected chi connectivity index (χ1v) is 7.42. The molecule has 1 heterocycles. The van der Waals surface area contributed by atoms with Gasteiger partial charge in [-0.1, -0.05) is 12.1 Å². The van der Waals surface area contributed by atoms with Crippen LogP contribution in [-0.4, -0.2) is 19.1 Å². The van der Waals surface area contributed by atoms with E-state index in [1.807, 2.05) is 32.0 Å². The summed E-state index contributed by atoms with van der Waals surface area (Å²) in [7, 11) is 0. The largest absolute Gasteiger partial charge is 0.490 e. The Bertz CT molecular complexity index is 709. The predicted molar refractivity (Wildman–Crippen MR) is 85.9 cm³/mol. The van der Waals surface area contributed by atoms with Crippen molar-refractivity contribution in [1.29, 1.82) is 0 Å². The van der Waals surface area contributed by atoms with Gasteiger partial charge in [0.15, 0.2) is 11.5 Å². The summed E-state index contributed by atoms with van der Waals surface area (Å²) in [6.07, 6.45) is 0.846. The van der Waals surface area contributed by atoms with Gasteiger partial charge in [0.1, 0.15) is 0 Å². The molecule has 3 rings (SSSR count). The van der Waals surface area contributed by atoms with E-state index >= 15 is 0 Å². The van der Waals surface area contributed by atoms with Crippen molar-refractivity contribution >= 4 is 11.6 Å². The number of carbonyl (C=O) groups excluding carboxylic acids is 1. The van der Waals surface area contributed by atoms with Crippen molar-refractivity contribution < 1.29 is 14.3 Å². The molecule has 114 valence electrons. The van der Waals surface area contributed by atoms with E-state index < -0.39 is 0 Å². The highest BCUT2D eigenvalue weighted by Gasteiger charge is 2.15. The number of carbonyl (C=O) groups is 1. The molecule has 0 unspecified atom stereocenters. The third-order valence-corrected chi connectivity index (χ3v) is 3.86. The molecule has 1 N–H and O–H groups in total. The number of hydrogen-bond acceptors (Lipinski definition) is 3. The Morgan fingerprint density at radius 2 is 1.82 bits per heavy atom. The highest BCUT2D eigenvalue weighted by Crippen LogP contribution is 2.30. The van der Waals surface area contributed by atoms with E-state index in [-0.39, 0.29) is 5.91 Å². The normalized spacial score (nSPS) is 13.4. The Morgan fingerprint density at radius 1 is 1.05 bits per heavy atom. The molecule has 1 amide bonds. The van der Waals surface area contributed by atoms with E-state index in [9.17, 15) is 4.79 Å². The fourth-order valence-electron chi connectivity index (χ4n) is 2.39. The van der Waals surface area contributed by atoms with Gasteiger partial charge in [-0.05, 0) is 49.2 Å². The monoisotopic (exact) mass is 297 g/mol. The summed E-state index contributed by atoms with van der Waals surface area (Å²) >= 11 is 0. The smallest absolute Gasteiger partial charge is 0.255 e. The lowest BCUT2D eigenvalue weighted by Gasteiger charge is -2.12. The van der Waals surface area contributed by atoms with Crippen LogP contribution >= 0.6 is 0 Å². The van der Waals surface area contributed by atoms with Gasteiger partial charge in [-0.2, -0.15) is 0 Å². The van der Waals surface area contributed by atoms with Crippen molar-refractivity contribution in [2.75, 3.05) is 18.5 Å². The number of benzene rings is 2. The molecule has 0 spiro atoms. The van der Waals surface area contributed by atoms with Gasteiger partial charge in [-0.3, -0.25) is 4.79 Å². The number of rotatable bonds is 2. The average Bonchev–Trinajstić information content (AvgIpc) is 2.76. The van der Waals surface area contributed by atoms with Crippen molar-refractivity contribution in [3.05, 3.63) is 53.1 Å². The SMILES string of the molecule is Cc1cccc(NC(=O)c2ccc3c(c2)OCCCO3)c1C. The third kappa shape index (κ3) is 2.91. The minimum absolute atomic E-state index is 0.149. The van der Waals surface area contributed by atoms with E-state index in [4.69, 9.17) is 9.47 Å². The Balaban J connectivity index is 1.83. The highest BCUT2D eigenvalue weighted by molar-refractivity contribution is 6.05. The van der Waals surface area contributed by atoms with Crippen LogP contribution in [0.1, 0.15) is 27.9 Å². The number of amides is 1. The summed E-state index contributed by atoms with van der Waals surface area (Å²) < 4.78 is 11.2. The van der Waals surface area contributed by atoms with E-state index in [2.05, 4.69) is 5.32 Å². The number of anilines is 1. The number of aryl methyl sites for hydroxylation is 1. The molecular weight excluding hydrogens is 278 g/mol. The van der Waals surface area contributed by atoms with Gasteiger partial charge in [0.05, 0.1) is 13.2 Å². The number of hydrogen-bond donors (Lipinski definition) is 1. The number of ether oxygens (including phenoxy) is 2. The second kappa shape index (κ2) is 6.10. The van der Waals surface area contributed by atoms with Gasteiger partial charge in [0.25, 0.3) is 5.91 Å². The van der Waals surface area contributed by atoms with Crippen molar-refractivity contribution in [2.45, 2.75) is 20.3 Å². The summed E-state index contributed by atoms with van der Waals surface area (Å²) in [6.45, 7) is 5.27. The van der Waals surface area contributed by atoms with Crippen LogP contribution in [0.25, 0.3) is 0 Å². The molecule has 1 aliphatic rings. The zero-order chi connectivity index (χ0) is 15.5. The van der Waals surface area contributed by atoms with Crippen LogP contribution in [0.15, 0.2) is 36.4 Å². The maximum atomic E-state index is 12.4. The van der Waals surface area contributed by atoms with Gasteiger partial charge in [0, 0.05) is 17.7 Å². The van der Waals surface area contributed by atoms with Crippen molar-refractivity contribution in [3.8, 4) is 11.5 Å². The minimum Gasteiger partial charge on any atom is -0.490 e. The van der Waals surface area contributed by atoms with Crippen LogP contribution in [-0.2, 0) is 0 Å². The van der Waals surface area contributed by atoms with Crippen LogP contribution in [0.5, 0.6) is 11.5 Å². The molecule has 0 atom stereocenters. The molecule has 0 bridgehead atoms. The van der Waals surface area contributed by atoms with Crippen LogP contribution in [0.3, 0.4) is 0 Å². The lowest BCUT2D eigenvalue weighted by Crippen LogP contribution is -2.13. The summed E-state index contributed by atoms with van der Waals surface area (Å²) in [5, 5.41) is 2.95. The fourth-order valence-corrected chi connectivity index (χ4v) is 2.39. The van der Waals surface area contributed by atoms with Crippen molar-refractivity contribution in [2.24, 2.45) is 0 Å². The molecule has 1 aliphatic heterocycles. The lowest BCUT2D eigenvalue weighted by molar-refractivity contribution is 0.102. The third-order valence-electron chi connectivity index (χ3n) is 3.86. The second-order valence-electron chi connectivity index (χ2n) is 5.41. The molecule has 22 heavy (non-hydrogen) atoms. The number of fused-ring (bicyclic) bond motifs is 1. The van der Waals surface area contributed by atoms with Gasteiger partial charge >= 0.3 is 0 Å². The summed E-state index contributed by atoms with van der Waals surface area (Å²) in [5.74, 6) is 1.18. The van der Waals surface area contributed by atoms with Gasteiger partial charge in [-0.25, -0.2) is 0 Å². The van der Waals surface area contributed by atoms with Gasteiger partial charge in [-0.15, -0.1) is 0 Å². The minimum atomic E-state index is -0.149. The topological polar surface area (TPSA) is 47.6 Å². The molecule has 0 radical (unpaired) electrons. The zero-order valence-corrected chi connectivity index (χ0v) is 12.8. The Morgan fingerprint density at radius 3 is 2.64 bits per heavy atom. The fraction of sp³-hybridized carbons (Fsp3) is 0.278. The first-order valence-electron chi connectivity index (χ1n) is 7.42. The van der Waals surface area contributed by atoms with E-state index in [0.29, 0.717) is 30.3 Å². The van der Waals surface area contributed by atoms with Crippen LogP contribution < -0.4 is 14.8 Å². The molecule has 2 aromatic carbocycles. The maximum Gasteiger partial charge on any atom is 0.255 e. The molecule has 0 fully saturated rings. The average molecular weight is 297 g/mol. The van der Waals surface area contributed by atoms with Crippen LogP contribution in [0.2, 0.25) is 0 Å². The molecule has 0 aliphatic carbocycles. The molecule has 4 heteroatoms. The van der Waals surface area contributed by atoms with Gasteiger partial charge < -0.3 is 14.8 Å². The van der Waals surface area contributed by atoms with E-state index in [0.717, 1.165) is 23.2 Å². The predicted octanol–water partition coefficient (Wildman–Crippen LogP) is 3.72. The van der Waals surface area contributed by atoms with Crippen molar-refractivity contribution in [3.63, 3.8) is 0 Å². The lowest BCUT2D eigenvalue weighted by atomic mass is 10.1. The van der Waals surface area contributed by atoms with E-state index in [1.165, 1.54) is 0 Å². The Hall–Kier alpha value is -2.49. The number of nitrogens with one attached hydrogen (secondary N) is 1. The van der Waals surface area contributed by atoms with Gasteiger partial charge in [0.2, 0.25) is 0 Å². The quantitative estimate of drug-likeness (QED) is 0.919. The van der Waals surface area contributed by atoms with Crippen molar-refractivity contribution in [1.82, 2.24) is 0 Å². The molecular formula is C18H19NO3. The van der Waals surface area contributed by atoms with E-state index in [1.54, 1.807) is 18.2 Å². The van der Waals surface area contributed by atoms with Crippen LogP contribution in [0, 0.1) is 13.8 Å². The first kappa shape index (κ1) is 14.4. The molecule has 0 saturated heterocycles. The molecule has 2 aromatic rings. The summed E-state index contributed by atoms with van der Waals surface area (Å²) in [5.41, 5.74) is 3.61. The highest BCUT2D eigenvalue weighted by atomic mass is 16.5. The standard InChI is InChI=1S/C18H19NO3/c1-12-5-3-6-15(13(12)2)19-18(20)14-7-8-16-17(11-14)22-10-4-9-21-16/h3,5-8,11H,4,9-10H2,1-2H3,(H,19,20). The summed E-state index contributed by atoms with van der Waals surface area (Å²) in [4.78, 5) is 12.4. The maximum absolute atomic E-state index is 12.4. The Labute approximate surface area is 130 Å². The Kier molecular flexibility index (Phi) is 4.00. The molecule has 0 aromatic heterocycles. The second-order valence-corrected chi connectivity index (χ2v) is 5.41. The zero-order valence-electron chi connectivity index (χ0n) is 12.8. The molecule has 0 saturated carbocycles. The molecule has 4 nitrogen and oxygen atoms in total. The summed E-state index contributed by atoms with van der Waals surface area (Å²) in [6, 6.07) is 11.2. The first-order chi connectivity index (χ1) is 10.6. The van der Waals surface area contributed by atoms with Crippen LogP contribution in [0.4, 0.5) is 5.69 Å².